The van der Waals surface area contributed by atoms with Crippen molar-refractivity contribution in [1.82, 2.24) is 20.3 Å². The van der Waals surface area contributed by atoms with Gasteiger partial charge in [-0.15, -0.1) is 5.10 Å². The summed E-state index contributed by atoms with van der Waals surface area (Å²) in [6, 6.07) is 4.62. The molecule has 1 saturated carbocycles. The van der Waals surface area contributed by atoms with Gasteiger partial charge in [-0.1, -0.05) is 16.8 Å². The van der Waals surface area contributed by atoms with E-state index in [1.54, 1.807) is 0 Å². The highest BCUT2D eigenvalue weighted by atomic mass is 35.5. The topological polar surface area (TPSA) is 52.0 Å². The number of halogens is 1. The van der Waals surface area contributed by atoms with Crippen LogP contribution in [-0.2, 0) is 19.5 Å². The lowest BCUT2D eigenvalue weighted by molar-refractivity contribution is 0.352. The third-order valence-corrected chi connectivity index (χ3v) is 4.11. The minimum atomic E-state index is 0.638. The number of nitrogens with one attached hydrogen (secondary N) is 1. The van der Waals surface area contributed by atoms with Crippen LogP contribution in [0.5, 0.6) is 5.75 Å². The molecule has 21 heavy (non-hydrogen) atoms. The Hall–Kier alpha value is -1.59. The van der Waals surface area contributed by atoms with Gasteiger partial charge in [0.25, 0.3) is 0 Å². The van der Waals surface area contributed by atoms with E-state index >= 15 is 0 Å². The quantitative estimate of drug-likeness (QED) is 0.920. The van der Waals surface area contributed by atoms with Crippen molar-refractivity contribution in [2.45, 2.75) is 38.4 Å². The summed E-state index contributed by atoms with van der Waals surface area (Å²) in [6.07, 6.45) is 5.47. The second-order valence-corrected chi connectivity index (χ2v) is 6.15. The van der Waals surface area contributed by atoms with Crippen molar-refractivity contribution >= 4 is 11.6 Å². The van der Waals surface area contributed by atoms with E-state index < -0.39 is 0 Å². The molecule has 4 rings (SSSR count). The van der Waals surface area contributed by atoms with Crippen LogP contribution in [0.4, 0.5) is 0 Å². The van der Waals surface area contributed by atoms with Gasteiger partial charge in [0.2, 0.25) is 0 Å². The SMILES string of the molecule is Clc1cc2c(c(Cn3cc(CNC4CC4)nn3)c1)OCC2. The first kappa shape index (κ1) is 13.1. The maximum atomic E-state index is 6.18. The van der Waals surface area contributed by atoms with Crippen molar-refractivity contribution in [3.05, 3.63) is 40.2 Å². The Morgan fingerprint density at radius 3 is 3.14 bits per heavy atom. The van der Waals surface area contributed by atoms with Crippen LogP contribution in [0.25, 0.3) is 0 Å². The van der Waals surface area contributed by atoms with Crippen LogP contribution in [0, 0.1) is 0 Å². The number of hydrogen-bond acceptors (Lipinski definition) is 4. The van der Waals surface area contributed by atoms with E-state index in [-0.39, 0.29) is 0 Å². The first-order valence-electron chi connectivity index (χ1n) is 7.34. The summed E-state index contributed by atoms with van der Waals surface area (Å²) >= 11 is 6.18. The lowest BCUT2D eigenvalue weighted by Crippen LogP contribution is -2.15. The van der Waals surface area contributed by atoms with Gasteiger partial charge in [-0.05, 0) is 30.5 Å². The van der Waals surface area contributed by atoms with Crippen LogP contribution >= 0.6 is 11.6 Å². The Kier molecular flexibility index (Phi) is 3.31. The molecule has 0 spiro atoms. The molecule has 6 heteroatoms. The first-order chi connectivity index (χ1) is 10.3. The minimum absolute atomic E-state index is 0.638. The van der Waals surface area contributed by atoms with Gasteiger partial charge in [-0.2, -0.15) is 0 Å². The number of rotatable bonds is 5. The highest BCUT2D eigenvalue weighted by Gasteiger charge is 2.21. The van der Waals surface area contributed by atoms with Crippen molar-refractivity contribution in [3.63, 3.8) is 0 Å². The fourth-order valence-electron chi connectivity index (χ4n) is 2.67. The van der Waals surface area contributed by atoms with E-state index in [9.17, 15) is 0 Å². The number of ether oxygens (including phenoxy) is 1. The van der Waals surface area contributed by atoms with Crippen molar-refractivity contribution in [2.24, 2.45) is 0 Å². The molecule has 5 nitrogen and oxygen atoms in total. The summed E-state index contributed by atoms with van der Waals surface area (Å²) in [5.41, 5.74) is 3.23. The molecule has 1 aromatic heterocycles. The van der Waals surface area contributed by atoms with Crippen LogP contribution in [0.2, 0.25) is 5.02 Å². The standard InChI is InChI=1S/C15H17ClN4O/c16-12-5-10-3-4-21-15(10)11(6-12)8-20-9-14(18-19-20)7-17-13-1-2-13/h5-6,9,13,17H,1-4,7-8H2. The van der Waals surface area contributed by atoms with Crippen LogP contribution in [-0.4, -0.2) is 27.6 Å². The smallest absolute Gasteiger partial charge is 0.127 e. The summed E-state index contributed by atoms with van der Waals surface area (Å²) in [5, 5.41) is 12.6. The molecule has 2 aromatic rings. The Balaban J connectivity index is 1.50. The normalized spacial score (nSPS) is 16.8. The Morgan fingerprint density at radius 1 is 1.38 bits per heavy atom. The van der Waals surface area contributed by atoms with Crippen molar-refractivity contribution < 1.29 is 4.74 Å². The minimum Gasteiger partial charge on any atom is -0.493 e. The summed E-state index contributed by atoms with van der Waals surface area (Å²) in [7, 11) is 0. The van der Waals surface area contributed by atoms with E-state index in [2.05, 4.69) is 15.6 Å². The number of fused-ring (bicyclic) bond motifs is 1. The summed E-state index contributed by atoms with van der Waals surface area (Å²) in [5.74, 6) is 0.965. The average molecular weight is 305 g/mol. The predicted molar refractivity (Wildman–Crippen MR) is 79.6 cm³/mol. The van der Waals surface area contributed by atoms with E-state index in [0.29, 0.717) is 12.6 Å². The molecule has 1 fully saturated rings. The van der Waals surface area contributed by atoms with Crippen molar-refractivity contribution in [3.8, 4) is 5.75 Å². The van der Waals surface area contributed by atoms with Gasteiger partial charge in [-0.3, -0.25) is 0 Å². The maximum absolute atomic E-state index is 6.18. The number of aromatic nitrogens is 3. The highest BCUT2D eigenvalue weighted by Crippen LogP contribution is 2.33. The molecule has 0 bridgehead atoms. The van der Waals surface area contributed by atoms with Gasteiger partial charge in [0.05, 0.1) is 25.0 Å². The number of nitrogens with zero attached hydrogens (tertiary/aromatic N) is 3. The van der Waals surface area contributed by atoms with Crippen LogP contribution in [0.1, 0.15) is 29.7 Å². The molecule has 0 unspecified atom stereocenters. The molecule has 2 heterocycles. The Bertz CT molecular complexity index is 666. The molecule has 110 valence electrons. The van der Waals surface area contributed by atoms with Crippen molar-refractivity contribution in [1.29, 1.82) is 0 Å². The zero-order valence-electron chi connectivity index (χ0n) is 11.7. The highest BCUT2D eigenvalue weighted by molar-refractivity contribution is 6.30. The molecule has 0 atom stereocenters. The van der Waals surface area contributed by atoms with E-state index in [1.165, 1.54) is 18.4 Å². The lowest BCUT2D eigenvalue weighted by Gasteiger charge is -2.08. The largest absolute Gasteiger partial charge is 0.493 e. The molecule has 1 aromatic carbocycles. The Morgan fingerprint density at radius 2 is 2.29 bits per heavy atom. The molecule has 0 radical (unpaired) electrons. The molecule has 1 N–H and O–H groups in total. The van der Waals surface area contributed by atoms with Gasteiger partial charge in [-0.25, -0.2) is 4.68 Å². The Labute approximate surface area is 128 Å². The first-order valence-corrected chi connectivity index (χ1v) is 7.72. The van der Waals surface area contributed by atoms with E-state index in [1.807, 2.05) is 23.0 Å². The van der Waals surface area contributed by atoms with Gasteiger partial charge in [0, 0.05) is 29.6 Å². The van der Waals surface area contributed by atoms with Gasteiger partial charge in [0.1, 0.15) is 5.75 Å². The van der Waals surface area contributed by atoms with Gasteiger partial charge < -0.3 is 10.1 Å². The fourth-order valence-corrected chi connectivity index (χ4v) is 2.93. The summed E-state index contributed by atoms with van der Waals surface area (Å²) in [6.45, 7) is 2.16. The number of benzene rings is 1. The molecule has 0 amide bonds. The molecular weight excluding hydrogens is 288 g/mol. The third kappa shape index (κ3) is 2.89. The second-order valence-electron chi connectivity index (χ2n) is 5.71. The summed E-state index contributed by atoms with van der Waals surface area (Å²) in [4.78, 5) is 0. The van der Waals surface area contributed by atoms with Crippen molar-refractivity contribution in [2.75, 3.05) is 6.61 Å². The van der Waals surface area contributed by atoms with E-state index in [4.69, 9.17) is 16.3 Å². The lowest BCUT2D eigenvalue weighted by atomic mass is 10.1. The molecule has 0 saturated heterocycles. The molecule has 1 aliphatic heterocycles. The molecular formula is C15H17ClN4O. The van der Waals surface area contributed by atoms with Crippen LogP contribution < -0.4 is 10.1 Å². The summed E-state index contributed by atoms with van der Waals surface area (Å²) < 4.78 is 7.56. The monoisotopic (exact) mass is 304 g/mol. The second kappa shape index (κ2) is 5.31. The molecule has 1 aliphatic carbocycles. The predicted octanol–water partition coefficient (Wildman–Crippen LogP) is 2.17. The fraction of sp³-hybridized carbons (Fsp3) is 0.467. The zero-order chi connectivity index (χ0) is 14.2. The third-order valence-electron chi connectivity index (χ3n) is 3.89. The van der Waals surface area contributed by atoms with Crippen LogP contribution in [0.15, 0.2) is 18.3 Å². The zero-order valence-corrected chi connectivity index (χ0v) is 12.4. The average Bonchev–Trinajstić information content (AvgIpc) is 2.98. The number of hydrogen-bond donors (Lipinski definition) is 1. The van der Waals surface area contributed by atoms with Gasteiger partial charge in [0.15, 0.2) is 0 Å². The van der Waals surface area contributed by atoms with Crippen LogP contribution in [0.3, 0.4) is 0 Å². The maximum Gasteiger partial charge on any atom is 0.127 e. The van der Waals surface area contributed by atoms with E-state index in [0.717, 1.165) is 41.6 Å². The van der Waals surface area contributed by atoms with Gasteiger partial charge >= 0.3 is 0 Å². The molecule has 2 aliphatic rings.